The Morgan fingerprint density at radius 1 is 1.04 bits per heavy atom. The smallest absolute Gasteiger partial charge is 0.125 e. The first-order valence-corrected chi connectivity index (χ1v) is 8.92. The normalized spacial score (nSPS) is 11.9. The summed E-state index contributed by atoms with van der Waals surface area (Å²) < 4.78 is 19.4. The largest absolute Gasteiger partial charge is 0.496 e. The number of aryl methyl sites for hydroxylation is 1. The number of anilines is 2. The molecule has 0 heterocycles. The van der Waals surface area contributed by atoms with Gasteiger partial charge in [0.05, 0.1) is 7.11 Å². The highest BCUT2D eigenvalue weighted by molar-refractivity contribution is 9.10. The molecule has 3 aromatic carbocycles. The molecule has 0 aliphatic rings. The van der Waals surface area contributed by atoms with Crippen molar-refractivity contribution in [3.05, 3.63) is 87.6 Å². The first-order chi connectivity index (χ1) is 12.5. The summed E-state index contributed by atoms with van der Waals surface area (Å²) in [7, 11) is 1.58. The highest BCUT2D eigenvalue weighted by Crippen LogP contribution is 2.33. The van der Waals surface area contributed by atoms with Gasteiger partial charge in [0, 0.05) is 21.4 Å². The van der Waals surface area contributed by atoms with E-state index in [1.807, 2.05) is 49.4 Å². The molecular formula is C21H19BrFNO2. The lowest BCUT2D eigenvalue weighted by Gasteiger charge is -2.16. The molecule has 0 radical (unpaired) electrons. The van der Waals surface area contributed by atoms with E-state index in [-0.39, 0.29) is 5.82 Å². The number of rotatable bonds is 5. The van der Waals surface area contributed by atoms with Crippen LogP contribution in [0.4, 0.5) is 15.8 Å². The Morgan fingerprint density at radius 3 is 2.42 bits per heavy atom. The Bertz CT molecular complexity index is 912. The molecule has 0 fully saturated rings. The molecule has 1 unspecified atom stereocenters. The third-order valence-corrected chi connectivity index (χ3v) is 4.67. The lowest BCUT2D eigenvalue weighted by Crippen LogP contribution is -2.03. The molecule has 0 aromatic heterocycles. The van der Waals surface area contributed by atoms with Gasteiger partial charge < -0.3 is 15.2 Å². The maximum Gasteiger partial charge on any atom is 0.125 e. The summed E-state index contributed by atoms with van der Waals surface area (Å²) in [6.07, 6.45) is -0.802. The Morgan fingerprint density at radius 2 is 1.77 bits per heavy atom. The number of benzene rings is 3. The van der Waals surface area contributed by atoms with Gasteiger partial charge in [-0.15, -0.1) is 0 Å². The fraction of sp³-hybridized carbons (Fsp3) is 0.143. The standard InChI is InChI=1S/C21H19BrFNO2/c1-13-11-16(23)6-9-19(13)24-17-7-3-14(4-8-17)21(25)18-12-15(22)5-10-20(18)26-2/h3-12,21,24-25H,1-2H3. The van der Waals surface area contributed by atoms with Crippen LogP contribution in [0.2, 0.25) is 0 Å². The molecule has 2 N–H and O–H groups in total. The van der Waals surface area contributed by atoms with Gasteiger partial charge in [-0.2, -0.15) is 0 Å². The van der Waals surface area contributed by atoms with Crippen LogP contribution in [0.3, 0.4) is 0 Å². The van der Waals surface area contributed by atoms with E-state index in [2.05, 4.69) is 21.2 Å². The fourth-order valence-corrected chi connectivity index (χ4v) is 3.15. The first-order valence-electron chi connectivity index (χ1n) is 8.12. The van der Waals surface area contributed by atoms with Gasteiger partial charge in [0.15, 0.2) is 0 Å². The minimum absolute atomic E-state index is 0.255. The van der Waals surface area contributed by atoms with Crippen molar-refractivity contribution in [2.75, 3.05) is 12.4 Å². The monoisotopic (exact) mass is 415 g/mol. The third kappa shape index (κ3) is 4.06. The van der Waals surface area contributed by atoms with Crippen LogP contribution in [0.5, 0.6) is 5.75 Å². The number of ether oxygens (including phenoxy) is 1. The number of hydrogen-bond acceptors (Lipinski definition) is 3. The average Bonchev–Trinajstić information content (AvgIpc) is 2.64. The molecule has 0 aliphatic carbocycles. The summed E-state index contributed by atoms with van der Waals surface area (Å²) >= 11 is 3.42. The molecule has 0 bridgehead atoms. The van der Waals surface area contributed by atoms with Gasteiger partial charge in [0.25, 0.3) is 0 Å². The van der Waals surface area contributed by atoms with Crippen LogP contribution in [0, 0.1) is 12.7 Å². The highest BCUT2D eigenvalue weighted by atomic mass is 79.9. The molecule has 5 heteroatoms. The van der Waals surface area contributed by atoms with E-state index < -0.39 is 6.10 Å². The van der Waals surface area contributed by atoms with Crippen LogP contribution in [0.15, 0.2) is 65.1 Å². The van der Waals surface area contributed by atoms with Gasteiger partial charge in [-0.3, -0.25) is 0 Å². The molecule has 0 spiro atoms. The second-order valence-electron chi connectivity index (χ2n) is 6.00. The number of methoxy groups -OCH3 is 1. The summed E-state index contributed by atoms with van der Waals surface area (Å²) in [4.78, 5) is 0. The molecule has 3 rings (SSSR count). The second-order valence-corrected chi connectivity index (χ2v) is 6.91. The molecule has 1 atom stereocenters. The number of halogens is 2. The summed E-state index contributed by atoms with van der Waals surface area (Å²) in [6.45, 7) is 1.85. The first kappa shape index (κ1) is 18.4. The van der Waals surface area contributed by atoms with E-state index in [9.17, 15) is 9.50 Å². The molecule has 134 valence electrons. The van der Waals surface area contributed by atoms with Crippen molar-refractivity contribution < 1.29 is 14.2 Å². The van der Waals surface area contributed by atoms with Crippen molar-refractivity contribution in [1.29, 1.82) is 0 Å². The van der Waals surface area contributed by atoms with Gasteiger partial charge >= 0.3 is 0 Å². The van der Waals surface area contributed by atoms with Gasteiger partial charge in [0.2, 0.25) is 0 Å². The molecule has 0 saturated carbocycles. The number of nitrogens with one attached hydrogen (secondary N) is 1. The van der Waals surface area contributed by atoms with Gasteiger partial charge in [-0.1, -0.05) is 28.1 Å². The van der Waals surface area contributed by atoms with E-state index in [4.69, 9.17) is 4.74 Å². The summed E-state index contributed by atoms with van der Waals surface area (Å²) in [6, 6.07) is 17.6. The predicted molar refractivity (Wildman–Crippen MR) is 106 cm³/mol. The summed E-state index contributed by atoms with van der Waals surface area (Å²) in [5.41, 5.74) is 3.97. The molecule has 0 aliphatic heterocycles. The summed E-state index contributed by atoms with van der Waals surface area (Å²) in [5.74, 6) is 0.374. The van der Waals surface area contributed by atoms with Crippen LogP contribution in [-0.2, 0) is 0 Å². The Balaban J connectivity index is 1.82. The van der Waals surface area contributed by atoms with Gasteiger partial charge in [-0.25, -0.2) is 4.39 Å². The van der Waals surface area contributed by atoms with Crippen molar-refractivity contribution in [2.45, 2.75) is 13.0 Å². The molecule has 0 amide bonds. The van der Waals surface area contributed by atoms with Crippen molar-refractivity contribution >= 4 is 27.3 Å². The lowest BCUT2D eigenvalue weighted by molar-refractivity contribution is 0.214. The molecule has 26 heavy (non-hydrogen) atoms. The predicted octanol–water partition coefficient (Wildman–Crippen LogP) is 5.73. The zero-order valence-corrected chi connectivity index (χ0v) is 16.0. The number of aliphatic hydroxyl groups is 1. The SMILES string of the molecule is COc1ccc(Br)cc1C(O)c1ccc(Nc2ccc(F)cc2C)cc1. The minimum Gasteiger partial charge on any atom is -0.496 e. The van der Waals surface area contributed by atoms with Crippen molar-refractivity contribution in [1.82, 2.24) is 0 Å². The molecular weight excluding hydrogens is 397 g/mol. The molecule has 0 saturated heterocycles. The average molecular weight is 416 g/mol. The van der Waals surface area contributed by atoms with Gasteiger partial charge in [0.1, 0.15) is 17.7 Å². The Hall–Kier alpha value is -2.37. The Labute approximate surface area is 160 Å². The fourth-order valence-electron chi connectivity index (χ4n) is 2.77. The second kappa shape index (κ2) is 7.89. The van der Waals surface area contributed by atoms with Crippen LogP contribution in [-0.4, -0.2) is 12.2 Å². The maximum absolute atomic E-state index is 13.2. The van der Waals surface area contributed by atoms with Crippen molar-refractivity contribution in [2.24, 2.45) is 0 Å². The number of aliphatic hydroxyl groups excluding tert-OH is 1. The minimum atomic E-state index is -0.802. The van der Waals surface area contributed by atoms with E-state index in [0.29, 0.717) is 11.3 Å². The van der Waals surface area contributed by atoms with Crippen molar-refractivity contribution in [3.8, 4) is 5.75 Å². The lowest BCUT2D eigenvalue weighted by atomic mass is 10.0. The summed E-state index contributed by atoms with van der Waals surface area (Å²) in [5, 5.41) is 14.0. The van der Waals surface area contributed by atoms with E-state index >= 15 is 0 Å². The van der Waals surface area contributed by atoms with E-state index in [1.54, 1.807) is 13.2 Å². The zero-order valence-electron chi connectivity index (χ0n) is 14.5. The third-order valence-electron chi connectivity index (χ3n) is 4.18. The van der Waals surface area contributed by atoms with Crippen LogP contribution < -0.4 is 10.1 Å². The van der Waals surface area contributed by atoms with Crippen LogP contribution >= 0.6 is 15.9 Å². The molecule has 3 aromatic rings. The van der Waals surface area contributed by atoms with Crippen LogP contribution in [0.1, 0.15) is 22.8 Å². The highest BCUT2D eigenvalue weighted by Gasteiger charge is 2.16. The zero-order chi connectivity index (χ0) is 18.7. The number of hydrogen-bond donors (Lipinski definition) is 2. The van der Waals surface area contributed by atoms with E-state index in [1.165, 1.54) is 12.1 Å². The van der Waals surface area contributed by atoms with Crippen LogP contribution in [0.25, 0.3) is 0 Å². The molecule has 3 nitrogen and oxygen atoms in total. The van der Waals surface area contributed by atoms with Crippen molar-refractivity contribution in [3.63, 3.8) is 0 Å². The maximum atomic E-state index is 13.2. The van der Waals surface area contributed by atoms with E-state index in [0.717, 1.165) is 27.0 Å². The topological polar surface area (TPSA) is 41.5 Å². The quantitative estimate of drug-likeness (QED) is 0.558. The Kier molecular flexibility index (Phi) is 5.59. The van der Waals surface area contributed by atoms with Gasteiger partial charge in [-0.05, 0) is 66.6 Å².